The molecule has 0 aromatic heterocycles. The Morgan fingerprint density at radius 3 is 2.81 bits per heavy atom. The van der Waals surface area contributed by atoms with E-state index in [1.165, 1.54) is 0 Å². The molecule has 1 heterocycles. The minimum Gasteiger partial charge on any atom is -0.455 e. The van der Waals surface area contributed by atoms with Crippen LogP contribution in [0.25, 0.3) is 0 Å². The van der Waals surface area contributed by atoms with Crippen LogP contribution in [0, 0.1) is 6.92 Å². The van der Waals surface area contributed by atoms with Crippen molar-refractivity contribution in [3.63, 3.8) is 0 Å². The standard InChI is InChI=1S/C16H15ClN2O2/c1-9-6-11(3-4-12(9)17)21-15-7-10-2-5-16(20)19-14(10)8-13(15)18/h3-4,6-8H,2,5,18H2,1H3,(H,19,20). The number of carbonyl (C=O) groups excluding carboxylic acids is 1. The first-order valence-corrected chi connectivity index (χ1v) is 7.07. The second-order valence-corrected chi connectivity index (χ2v) is 5.52. The Labute approximate surface area is 127 Å². The third kappa shape index (κ3) is 2.81. The van der Waals surface area contributed by atoms with E-state index in [4.69, 9.17) is 22.1 Å². The summed E-state index contributed by atoms with van der Waals surface area (Å²) >= 11 is 6.00. The zero-order valence-corrected chi connectivity index (χ0v) is 12.3. The van der Waals surface area contributed by atoms with E-state index in [2.05, 4.69) is 5.32 Å². The van der Waals surface area contributed by atoms with E-state index in [-0.39, 0.29) is 5.91 Å². The van der Waals surface area contributed by atoms with Crippen LogP contribution in [0.1, 0.15) is 17.5 Å². The van der Waals surface area contributed by atoms with Gasteiger partial charge < -0.3 is 15.8 Å². The van der Waals surface area contributed by atoms with Crippen molar-refractivity contribution < 1.29 is 9.53 Å². The van der Waals surface area contributed by atoms with Gasteiger partial charge in [0.15, 0.2) is 5.75 Å². The summed E-state index contributed by atoms with van der Waals surface area (Å²) in [6, 6.07) is 9.08. The van der Waals surface area contributed by atoms with Crippen molar-refractivity contribution in [1.82, 2.24) is 0 Å². The van der Waals surface area contributed by atoms with Crippen LogP contribution in [0.2, 0.25) is 5.02 Å². The Hall–Kier alpha value is -2.20. The molecule has 2 aromatic rings. The van der Waals surface area contributed by atoms with Crippen LogP contribution in [-0.2, 0) is 11.2 Å². The third-order valence-corrected chi connectivity index (χ3v) is 3.91. The molecular weight excluding hydrogens is 288 g/mol. The Morgan fingerprint density at radius 2 is 2.05 bits per heavy atom. The van der Waals surface area contributed by atoms with Gasteiger partial charge in [-0.15, -0.1) is 0 Å². The molecule has 0 spiro atoms. The molecule has 0 bridgehead atoms. The minimum absolute atomic E-state index is 0.0175. The van der Waals surface area contributed by atoms with Crippen molar-refractivity contribution in [3.05, 3.63) is 46.5 Å². The van der Waals surface area contributed by atoms with Gasteiger partial charge in [-0.05, 0) is 54.8 Å². The number of amides is 1. The van der Waals surface area contributed by atoms with Crippen molar-refractivity contribution in [2.24, 2.45) is 0 Å². The number of hydrogen-bond donors (Lipinski definition) is 2. The zero-order chi connectivity index (χ0) is 15.0. The third-order valence-electron chi connectivity index (χ3n) is 3.49. The number of carbonyl (C=O) groups is 1. The van der Waals surface area contributed by atoms with E-state index in [9.17, 15) is 4.79 Å². The van der Waals surface area contributed by atoms with Crippen LogP contribution in [-0.4, -0.2) is 5.91 Å². The van der Waals surface area contributed by atoms with E-state index in [0.29, 0.717) is 35.1 Å². The summed E-state index contributed by atoms with van der Waals surface area (Å²) in [5.41, 5.74) is 9.23. The number of rotatable bonds is 2. The number of halogens is 1. The second kappa shape index (κ2) is 5.30. The molecule has 3 rings (SSSR count). The monoisotopic (exact) mass is 302 g/mol. The SMILES string of the molecule is Cc1cc(Oc2cc3c(cc2N)NC(=O)CC3)ccc1Cl. The van der Waals surface area contributed by atoms with Crippen molar-refractivity contribution in [3.8, 4) is 11.5 Å². The molecule has 0 aliphatic carbocycles. The van der Waals surface area contributed by atoms with Gasteiger partial charge in [-0.3, -0.25) is 4.79 Å². The molecule has 2 aromatic carbocycles. The molecule has 0 fully saturated rings. The lowest BCUT2D eigenvalue weighted by Gasteiger charge is -2.19. The van der Waals surface area contributed by atoms with E-state index in [0.717, 1.165) is 16.8 Å². The van der Waals surface area contributed by atoms with Gasteiger partial charge >= 0.3 is 0 Å². The Kier molecular flexibility index (Phi) is 3.47. The van der Waals surface area contributed by atoms with Gasteiger partial charge in [0, 0.05) is 17.1 Å². The number of benzene rings is 2. The lowest BCUT2D eigenvalue weighted by molar-refractivity contribution is -0.116. The average Bonchev–Trinajstić information content (AvgIpc) is 2.44. The van der Waals surface area contributed by atoms with Crippen molar-refractivity contribution in [2.45, 2.75) is 19.8 Å². The molecule has 0 unspecified atom stereocenters. The first-order chi connectivity index (χ1) is 10.0. The molecule has 4 nitrogen and oxygen atoms in total. The predicted molar refractivity (Wildman–Crippen MR) is 84.1 cm³/mol. The fourth-order valence-corrected chi connectivity index (χ4v) is 2.44. The lowest BCUT2D eigenvalue weighted by atomic mass is 10.0. The number of anilines is 2. The molecule has 5 heteroatoms. The van der Waals surface area contributed by atoms with Crippen LogP contribution in [0.3, 0.4) is 0 Å². The van der Waals surface area contributed by atoms with Gasteiger partial charge in [0.25, 0.3) is 0 Å². The minimum atomic E-state index is 0.0175. The number of ether oxygens (including phenoxy) is 1. The van der Waals surface area contributed by atoms with Gasteiger partial charge in [-0.2, -0.15) is 0 Å². The molecule has 0 radical (unpaired) electrons. The molecule has 1 amide bonds. The molecule has 1 aliphatic heterocycles. The second-order valence-electron chi connectivity index (χ2n) is 5.11. The maximum absolute atomic E-state index is 11.4. The Morgan fingerprint density at radius 1 is 1.24 bits per heavy atom. The summed E-state index contributed by atoms with van der Waals surface area (Å²) in [6.07, 6.45) is 1.17. The molecule has 108 valence electrons. The Balaban J connectivity index is 1.92. The van der Waals surface area contributed by atoms with E-state index >= 15 is 0 Å². The summed E-state index contributed by atoms with van der Waals surface area (Å²) in [6.45, 7) is 1.92. The molecular formula is C16H15ClN2O2. The number of nitrogens with one attached hydrogen (secondary N) is 1. The van der Waals surface area contributed by atoms with E-state index in [1.807, 2.05) is 19.1 Å². The maximum Gasteiger partial charge on any atom is 0.224 e. The number of nitrogens with two attached hydrogens (primary N) is 1. The van der Waals surface area contributed by atoms with Crippen LogP contribution in [0.4, 0.5) is 11.4 Å². The summed E-state index contributed by atoms with van der Waals surface area (Å²) in [5, 5.41) is 3.51. The smallest absolute Gasteiger partial charge is 0.224 e. The summed E-state index contributed by atoms with van der Waals surface area (Å²) in [4.78, 5) is 11.4. The highest BCUT2D eigenvalue weighted by molar-refractivity contribution is 6.31. The summed E-state index contributed by atoms with van der Waals surface area (Å²) < 4.78 is 5.84. The quantitative estimate of drug-likeness (QED) is 0.827. The first kappa shape index (κ1) is 13.8. The van der Waals surface area contributed by atoms with Crippen molar-refractivity contribution in [2.75, 3.05) is 11.1 Å². The van der Waals surface area contributed by atoms with Crippen molar-refractivity contribution >= 4 is 28.9 Å². The average molecular weight is 303 g/mol. The van der Waals surface area contributed by atoms with Gasteiger partial charge in [0.2, 0.25) is 5.91 Å². The molecule has 0 atom stereocenters. The van der Waals surface area contributed by atoms with Crippen LogP contribution < -0.4 is 15.8 Å². The van der Waals surface area contributed by atoms with Gasteiger partial charge in [-0.1, -0.05) is 11.6 Å². The molecule has 0 saturated heterocycles. The number of aryl methyl sites for hydroxylation is 2. The van der Waals surface area contributed by atoms with Crippen molar-refractivity contribution in [1.29, 1.82) is 0 Å². The zero-order valence-electron chi connectivity index (χ0n) is 11.6. The molecule has 3 N–H and O–H groups in total. The highest BCUT2D eigenvalue weighted by Crippen LogP contribution is 2.35. The highest BCUT2D eigenvalue weighted by atomic mass is 35.5. The predicted octanol–water partition coefficient (Wildman–Crippen LogP) is 3.91. The molecule has 1 aliphatic rings. The Bertz CT molecular complexity index is 728. The number of hydrogen-bond acceptors (Lipinski definition) is 3. The van der Waals surface area contributed by atoms with Gasteiger partial charge in [-0.25, -0.2) is 0 Å². The number of nitrogen functional groups attached to an aromatic ring is 1. The number of fused-ring (bicyclic) bond motifs is 1. The van der Waals surface area contributed by atoms with Crippen LogP contribution in [0.15, 0.2) is 30.3 Å². The fourth-order valence-electron chi connectivity index (χ4n) is 2.32. The van der Waals surface area contributed by atoms with Crippen LogP contribution in [0.5, 0.6) is 11.5 Å². The normalized spacial score (nSPS) is 13.5. The highest BCUT2D eigenvalue weighted by Gasteiger charge is 2.17. The molecule has 0 saturated carbocycles. The topological polar surface area (TPSA) is 64.3 Å². The van der Waals surface area contributed by atoms with E-state index in [1.54, 1.807) is 18.2 Å². The summed E-state index contributed by atoms with van der Waals surface area (Å²) in [5.74, 6) is 1.29. The maximum atomic E-state index is 11.4. The van der Waals surface area contributed by atoms with Gasteiger partial charge in [0.1, 0.15) is 5.75 Å². The molecule has 21 heavy (non-hydrogen) atoms. The van der Waals surface area contributed by atoms with Gasteiger partial charge in [0.05, 0.1) is 5.69 Å². The first-order valence-electron chi connectivity index (χ1n) is 6.69. The van der Waals surface area contributed by atoms with E-state index < -0.39 is 0 Å². The largest absolute Gasteiger partial charge is 0.455 e. The lowest BCUT2D eigenvalue weighted by Crippen LogP contribution is -2.19. The summed E-state index contributed by atoms with van der Waals surface area (Å²) in [7, 11) is 0. The van der Waals surface area contributed by atoms with Crippen LogP contribution >= 0.6 is 11.6 Å². The fraction of sp³-hybridized carbons (Fsp3) is 0.188.